The molecule has 0 N–H and O–H groups in total. The predicted molar refractivity (Wildman–Crippen MR) is 151 cm³/mol. The molecule has 0 bridgehead atoms. The van der Waals surface area contributed by atoms with Gasteiger partial charge < -0.3 is 23.4 Å². The van der Waals surface area contributed by atoms with Crippen molar-refractivity contribution in [3.8, 4) is 40.3 Å². The van der Waals surface area contributed by atoms with Gasteiger partial charge in [-0.25, -0.2) is 19.3 Å². The van der Waals surface area contributed by atoms with Crippen molar-refractivity contribution in [1.82, 2.24) is 19.6 Å². The number of para-hydroxylation sites is 1. The highest BCUT2D eigenvalue weighted by Crippen LogP contribution is 2.51. The van der Waals surface area contributed by atoms with Crippen LogP contribution in [0.3, 0.4) is 0 Å². The molecule has 0 spiro atoms. The molecule has 1 aliphatic rings. The second-order valence-electron chi connectivity index (χ2n) is 9.28. The van der Waals surface area contributed by atoms with Crippen molar-refractivity contribution in [3.05, 3.63) is 99.1 Å². The Balaban J connectivity index is 1.57. The first kappa shape index (κ1) is 24.9. The van der Waals surface area contributed by atoms with E-state index >= 15 is 0 Å². The fourth-order valence-corrected chi connectivity index (χ4v) is 5.45. The van der Waals surface area contributed by atoms with Crippen LogP contribution in [0.2, 0.25) is 5.02 Å². The van der Waals surface area contributed by atoms with E-state index in [1.54, 1.807) is 63.8 Å². The summed E-state index contributed by atoms with van der Waals surface area (Å²) in [6.07, 6.45) is 1.51. The molecule has 0 amide bonds. The monoisotopic (exact) mass is 568 g/mol. The summed E-state index contributed by atoms with van der Waals surface area (Å²) in [6.45, 7) is 0. The number of benzene rings is 3. The molecular formula is C30H21ClN4O6. The number of ether oxygens (including phenoxy) is 4. The van der Waals surface area contributed by atoms with E-state index in [-0.39, 0.29) is 11.4 Å². The highest BCUT2D eigenvalue weighted by molar-refractivity contribution is 6.30. The number of halogens is 1. The number of fused-ring (bicyclic) bond motifs is 6. The summed E-state index contributed by atoms with van der Waals surface area (Å²) >= 11 is 6.30. The summed E-state index contributed by atoms with van der Waals surface area (Å²) in [5.41, 5.74) is 2.28. The van der Waals surface area contributed by atoms with Gasteiger partial charge in [0.15, 0.2) is 17.2 Å². The standard InChI is InChI=1S/C30H21ClN4O6/c1-37-16-9-11-20(38-2)18(13-16)23-24-26(17-6-4-5-7-22(17)40-30(24)36)41-29-25(23)28-33-27(34-35(28)14-32-29)19-12-15(31)8-10-21(19)39-3/h4-14,23H,1-3H3. The Bertz CT molecular complexity index is 2050. The lowest BCUT2D eigenvalue weighted by Gasteiger charge is -2.28. The molecule has 0 saturated heterocycles. The van der Waals surface area contributed by atoms with Crippen LogP contribution in [0.5, 0.6) is 28.9 Å². The Morgan fingerprint density at radius 3 is 2.54 bits per heavy atom. The van der Waals surface area contributed by atoms with E-state index in [4.69, 9.17) is 39.9 Å². The molecule has 0 radical (unpaired) electrons. The molecule has 41 heavy (non-hydrogen) atoms. The smallest absolute Gasteiger partial charge is 0.344 e. The molecule has 11 heteroatoms. The minimum atomic E-state index is -0.755. The van der Waals surface area contributed by atoms with Crippen molar-refractivity contribution in [2.75, 3.05) is 21.3 Å². The fraction of sp³-hybridized carbons (Fsp3) is 0.133. The van der Waals surface area contributed by atoms with Crippen LogP contribution in [0.15, 0.2) is 76.2 Å². The summed E-state index contributed by atoms with van der Waals surface area (Å²) in [7, 11) is 4.70. The van der Waals surface area contributed by atoms with Gasteiger partial charge in [0.25, 0.3) is 0 Å². The van der Waals surface area contributed by atoms with Gasteiger partial charge >= 0.3 is 5.63 Å². The largest absolute Gasteiger partial charge is 0.497 e. The number of nitrogens with zero attached hydrogens (tertiary/aromatic N) is 4. The average Bonchev–Trinajstić information content (AvgIpc) is 3.44. The lowest BCUT2D eigenvalue weighted by Crippen LogP contribution is -2.22. The van der Waals surface area contributed by atoms with Gasteiger partial charge in [-0.15, -0.1) is 5.10 Å². The molecule has 7 rings (SSSR count). The summed E-state index contributed by atoms with van der Waals surface area (Å²) in [6, 6.07) is 17.8. The number of aromatic nitrogens is 4. The Labute approximate surface area is 237 Å². The van der Waals surface area contributed by atoms with Crippen molar-refractivity contribution >= 4 is 28.2 Å². The lowest BCUT2D eigenvalue weighted by atomic mass is 9.83. The number of hydrogen-bond acceptors (Lipinski definition) is 9. The van der Waals surface area contributed by atoms with Gasteiger partial charge in [-0.2, -0.15) is 0 Å². The normalized spacial score (nSPS) is 13.9. The second-order valence-corrected chi connectivity index (χ2v) is 9.72. The molecule has 0 aliphatic carbocycles. The van der Waals surface area contributed by atoms with Gasteiger partial charge in [0, 0.05) is 10.6 Å². The van der Waals surface area contributed by atoms with Crippen LogP contribution >= 0.6 is 11.6 Å². The lowest BCUT2D eigenvalue weighted by molar-refractivity contribution is 0.392. The van der Waals surface area contributed by atoms with Crippen LogP contribution in [0.1, 0.15) is 22.6 Å². The van der Waals surface area contributed by atoms with E-state index < -0.39 is 11.5 Å². The van der Waals surface area contributed by atoms with Crippen LogP contribution in [0, 0.1) is 0 Å². The first-order valence-corrected chi connectivity index (χ1v) is 12.9. The fourth-order valence-electron chi connectivity index (χ4n) is 5.27. The molecule has 4 heterocycles. The van der Waals surface area contributed by atoms with Crippen LogP contribution in [-0.2, 0) is 0 Å². The minimum Gasteiger partial charge on any atom is -0.497 e. The third-order valence-electron chi connectivity index (χ3n) is 7.11. The average molecular weight is 569 g/mol. The zero-order valence-corrected chi connectivity index (χ0v) is 22.8. The van der Waals surface area contributed by atoms with E-state index in [0.717, 1.165) is 0 Å². The van der Waals surface area contributed by atoms with Gasteiger partial charge in [-0.1, -0.05) is 23.7 Å². The SMILES string of the molecule is COc1ccc(OC)c(C2c3c(c4ccccc4oc3=O)Oc3ncn4nc(-c5cc(Cl)ccc5OC)nc4c32)c1. The molecule has 6 aromatic rings. The highest BCUT2D eigenvalue weighted by Gasteiger charge is 2.39. The van der Waals surface area contributed by atoms with E-state index in [1.807, 2.05) is 18.2 Å². The van der Waals surface area contributed by atoms with Crippen LogP contribution in [-0.4, -0.2) is 40.9 Å². The molecule has 204 valence electrons. The third kappa shape index (κ3) is 3.86. The van der Waals surface area contributed by atoms with Crippen molar-refractivity contribution in [2.24, 2.45) is 0 Å². The third-order valence-corrected chi connectivity index (χ3v) is 7.35. The maximum absolute atomic E-state index is 13.7. The Morgan fingerprint density at radius 2 is 1.73 bits per heavy atom. The van der Waals surface area contributed by atoms with E-state index in [1.165, 1.54) is 10.8 Å². The summed E-state index contributed by atoms with van der Waals surface area (Å²) in [5, 5.41) is 5.80. The highest BCUT2D eigenvalue weighted by atomic mass is 35.5. The second kappa shape index (κ2) is 9.53. The molecule has 0 fully saturated rings. The van der Waals surface area contributed by atoms with Crippen LogP contribution in [0.4, 0.5) is 0 Å². The van der Waals surface area contributed by atoms with Gasteiger partial charge in [0.2, 0.25) is 5.88 Å². The van der Waals surface area contributed by atoms with Crippen molar-refractivity contribution in [3.63, 3.8) is 0 Å². The minimum absolute atomic E-state index is 0.271. The number of methoxy groups -OCH3 is 3. The molecule has 1 aliphatic heterocycles. The summed E-state index contributed by atoms with van der Waals surface area (Å²) in [5.74, 6) is 1.87. The van der Waals surface area contributed by atoms with Crippen molar-refractivity contribution in [2.45, 2.75) is 5.92 Å². The first-order valence-electron chi connectivity index (χ1n) is 12.6. The molecule has 10 nitrogen and oxygen atoms in total. The topological polar surface area (TPSA) is 110 Å². The molecule has 3 aromatic carbocycles. The summed E-state index contributed by atoms with van der Waals surface area (Å²) < 4.78 is 30.5. The van der Waals surface area contributed by atoms with E-state index in [9.17, 15) is 4.79 Å². The molecule has 3 aromatic heterocycles. The Morgan fingerprint density at radius 1 is 0.927 bits per heavy atom. The maximum Gasteiger partial charge on any atom is 0.344 e. The molecule has 1 atom stereocenters. The van der Waals surface area contributed by atoms with Crippen LogP contribution in [0.25, 0.3) is 28.0 Å². The van der Waals surface area contributed by atoms with Crippen molar-refractivity contribution in [1.29, 1.82) is 0 Å². The number of hydrogen-bond donors (Lipinski definition) is 0. The van der Waals surface area contributed by atoms with Gasteiger partial charge in [0.1, 0.15) is 29.2 Å². The Hall–Kier alpha value is -5.09. The zero-order valence-electron chi connectivity index (χ0n) is 22.0. The van der Waals surface area contributed by atoms with Gasteiger partial charge in [-0.05, 0) is 48.5 Å². The maximum atomic E-state index is 13.7. The summed E-state index contributed by atoms with van der Waals surface area (Å²) in [4.78, 5) is 23.2. The first-order chi connectivity index (χ1) is 20.0. The molecule has 1 unspecified atom stereocenters. The molecular weight excluding hydrogens is 548 g/mol. The van der Waals surface area contributed by atoms with Gasteiger partial charge in [0.05, 0.1) is 49.3 Å². The zero-order chi connectivity index (χ0) is 28.2. The number of rotatable bonds is 5. The van der Waals surface area contributed by atoms with Crippen molar-refractivity contribution < 1.29 is 23.4 Å². The Kier molecular flexibility index (Phi) is 5.79. The van der Waals surface area contributed by atoms with E-state index in [0.29, 0.717) is 67.2 Å². The molecule has 0 saturated carbocycles. The van der Waals surface area contributed by atoms with E-state index in [2.05, 4.69) is 10.1 Å². The van der Waals surface area contributed by atoms with Crippen LogP contribution < -0.4 is 24.6 Å². The quantitative estimate of drug-likeness (QED) is 0.236. The predicted octanol–water partition coefficient (Wildman–Crippen LogP) is 5.86. The van der Waals surface area contributed by atoms with Gasteiger partial charge in [-0.3, -0.25) is 0 Å².